The summed E-state index contributed by atoms with van der Waals surface area (Å²) in [6, 6.07) is 15.0. The van der Waals surface area contributed by atoms with Gasteiger partial charge in [-0.2, -0.15) is 4.98 Å². The second-order valence-electron chi connectivity index (χ2n) is 6.68. The first-order chi connectivity index (χ1) is 12.6. The number of nitrogens with zero attached hydrogens (tertiary/aromatic N) is 5. The van der Waals surface area contributed by atoms with Gasteiger partial charge in [-0.05, 0) is 24.3 Å². The zero-order valence-electron chi connectivity index (χ0n) is 15.1. The summed E-state index contributed by atoms with van der Waals surface area (Å²) in [5.74, 6) is 1.49. The maximum Gasteiger partial charge on any atom is 0.228 e. The van der Waals surface area contributed by atoms with Gasteiger partial charge in [-0.15, -0.1) is 0 Å². The predicted octanol–water partition coefficient (Wildman–Crippen LogP) is 3.16. The number of piperazine rings is 1. The van der Waals surface area contributed by atoms with Crippen molar-refractivity contribution in [2.75, 3.05) is 55.0 Å². The highest BCUT2D eigenvalue weighted by Crippen LogP contribution is 2.26. The molecule has 0 N–H and O–H groups in total. The first kappa shape index (κ1) is 16.6. The van der Waals surface area contributed by atoms with Gasteiger partial charge in [-0.1, -0.05) is 24.3 Å². The van der Waals surface area contributed by atoms with Crippen LogP contribution in [0.25, 0.3) is 10.9 Å². The molecule has 0 amide bonds. The standard InChI is InChI=1S/C20H22FN5/c1-24(2)19-15-7-3-5-9-17(15)22-20(23-19)26-13-11-25(12-14-26)18-10-6-4-8-16(18)21/h3-10H,11-14H2,1-2H3. The summed E-state index contributed by atoms with van der Waals surface area (Å²) in [5.41, 5.74) is 1.61. The molecule has 1 aromatic heterocycles. The summed E-state index contributed by atoms with van der Waals surface area (Å²) in [4.78, 5) is 15.8. The van der Waals surface area contributed by atoms with Crippen LogP contribution in [0.5, 0.6) is 0 Å². The van der Waals surface area contributed by atoms with Crippen molar-refractivity contribution in [2.24, 2.45) is 0 Å². The van der Waals surface area contributed by atoms with Gasteiger partial charge in [0.25, 0.3) is 0 Å². The summed E-state index contributed by atoms with van der Waals surface area (Å²) in [5, 5.41) is 1.05. The van der Waals surface area contributed by atoms with Gasteiger partial charge in [-0.25, -0.2) is 9.37 Å². The minimum Gasteiger partial charge on any atom is -0.366 e. The average molecular weight is 351 g/mol. The molecule has 1 fully saturated rings. The molecule has 2 aromatic carbocycles. The molecule has 0 unspecified atom stereocenters. The van der Waals surface area contributed by atoms with Gasteiger partial charge < -0.3 is 14.7 Å². The van der Waals surface area contributed by atoms with E-state index in [1.165, 1.54) is 6.07 Å². The molecule has 5 nitrogen and oxygen atoms in total. The number of rotatable bonds is 3. The molecule has 26 heavy (non-hydrogen) atoms. The van der Waals surface area contributed by atoms with E-state index in [2.05, 4.69) is 9.80 Å². The Morgan fingerprint density at radius 3 is 2.23 bits per heavy atom. The third kappa shape index (κ3) is 3.03. The molecule has 1 saturated heterocycles. The zero-order valence-corrected chi connectivity index (χ0v) is 15.1. The van der Waals surface area contributed by atoms with Crippen LogP contribution in [-0.4, -0.2) is 50.2 Å². The van der Waals surface area contributed by atoms with Gasteiger partial charge in [0, 0.05) is 45.7 Å². The molecule has 0 spiro atoms. The fourth-order valence-corrected chi connectivity index (χ4v) is 3.39. The van der Waals surface area contributed by atoms with Crippen LogP contribution >= 0.6 is 0 Å². The van der Waals surface area contributed by atoms with Crippen molar-refractivity contribution in [3.63, 3.8) is 0 Å². The summed E-state index contributed by atoms with van der Waals surface area (Å²) in [6.07, 6.45) is 0. The van der Waals surface area contributed by atoms with E-state index < -0.39 is 0 Å². The molecule has 134 valence electrons. The molecular weight excluding hydrogens is 329 g/mol. The van der Waals surface area contributed by atoms with Crippen molar-refractivity contribution < 1.29 is 4.39 Å². The highest BCUT2D eigenvalue weighted by Gasteiger charge is 2.22. The lowest BCUT2D eigenvalue weighted by Crippen LogP contribution is -2.47. The van der Waals surface area contributed by atoms with E-state index in [0.29, 0.717) is 5.69 Å². The highest BCUT2D eigenvalue weighted by atomic mass is 19.1. The van der Waals surface area contributed by atoms with Crippen molar-refractivity contribution in [3.8, 4) is 0 Å². The normalized spacial score (nSPS) is 14.7. The molecular formula is C20H22FN5. The quantitative estimate of drug-likeness (QED) is 0.724. The molecule has 0 aliphatic carbocycles. The van der Waals surface area contributed by atoms with Crippen LogP contribution in [0.15, 0.2) is 48.5 Å². The van der Waals surface area contributed by atoms with Crippen LogP contribution < -0.4 is 14.7 Å². The van der Waals surface area contributed by atoms with E-state index >= 15 is 0 Å². The molecule has 2 heterocycles. The molecule has 6 heteroatoms. The molecule has 1 aliphatic heterocycles. The maximum atomic E-state index is 14.0. The fourth-order valence-electron chi connectivity index (χ4n) is 3.39. The second-order valence-corrected chi connectivity index (χ2v) is 6.68. The van der Waals surface area contributed by atoms with E-state index in [1.54, 1.807) is 6.07 Å². The van der Waals surface area contributed by atoms with Crippen LogP contribution in [0.4, 0.5) is 21.8 Å². The molecule has 0 atom stereocenters. The van der Waals surface area contributed by atoms with E-state index in [1.807, 2.05) is 55.4 Å². The lowest BCUT2D eigenvalue weighted by atomic mass is 10.2. The van der Waals surface area contributed by atoms with Gasteiger partial charge in [0.1, 0.15) is 11.6 Å². The van der Waals surface area contributed by atoms with Crippen LogP contribution in [-0.2, 0) is 0 Å². The van der Waals surface area contributed by atoms with Gasteiger partial charge in [-0.3, -0.25) is 0 Å². The van der Waals surface area contributed by atoms with E-state index in [4.69, 9.17) is 9.97 Å². The smallest absolute Gasteiger partial charge is 0.228 e. The van der Waals surface area contributed by atoms with Crippen molar-refractivity contribution >= 4 is 28.4 Å². The Bertz CT molecular complexity index is 919. The number of fused-ring (bicyclic) bond motifs is 1. The molecule has 4 rings (SSSR count). The summed E-state index contributed by atoms with van der Waals surface area (Å²) >= 11 is 0. The van der Waals surface area contributed by atoms with Crippen molar-refractivity contribution in [1.82, 2.24) is 9.97 Å². The molecule has 0 radical (unpaired) electrons. The number of benzene rings is 2. The first-order valence-corrected chi connectivity index (χ1v) is 8.82. The lowest BCUT2D eigenvalue weighted by Gasteiger charge is -2.36. The van der Waals surface area contributed by atoms with Gasteiger partial charge in [0.2, 0.25) is 5.95 Å². The Morgan fingerprint density at radius 1 is 0.846 bits per heavy atom. The Labute approximate surface area is 152 Å². The van der Waals surface area contributed by atoms with Gasteiger partial charge >= 0.3 is 0 Å². The van der Waals surface area contributed by atoms with Crippen LogP contribution in [0.3, 0.4) is 0 Å². The predicted molar refractivity (Wildman–Crippen MR) is 105 cm³/mol. The monoisotopic (exact) mass is 351 g/mol. The third-order valence-corrected chi connectivity index (χ3v) is 4.75. The topological polar surface area (TPSA) is 35.5 Å². The Morgan fingerprint density at radius 2 is 1.50 bits per heavy atom. The van der Waals surface area contributed by atoms with Crippen LogP contribution in [0, 0.1) is 5.82 Å². The Balaban J connectivity index is 1.59. The molecule has 3 aromatic rings. The molecule has 1 aliphatic rings. The van der Waals surface area contributed by atoms with Crippen molar-refractivity contribution in [3.05, 3.63) is 54.3 Å². The fraction of sp³-hybridized carbons (Fsp3) is 0.300. The number of hydrogen-bond donors (Lipinski definition) is 0. The molecule has 0 saturated carbocycles. The summed E-state index contributed by atoms with van der Waals surface area (Å²) < 4.78 is 14.0. The third-order valence-electron chi connectivity index (χ3n) is 4.75. The zero-order chi connectivity index (χ0) is 18.1. The van der Waals surface area contributed by atoms with Gasteiger partial charge in [0.05, 0.1) is 11.2 Å². The Hall–Kier alpha value is -2.89. The summed E-state index contributed by atoms with van der Waals surface area (Å²) in [7, 11) is 3.99. The van der Waals surface area contributed by atoms with Crippen LogP contribution in [0.1, 0.15) is 0 Å². The number of para-hydroxylation sites is 2. The van der Waals surface area contributed by atoms with Crippen LogP contribution in [0.2, 0.25) is 0 Å². The lowest BCUT2D eigenvalue weighted by molar-refractivity contribution is 0.594. The molecule has 0 bridgehead atoms. The number of halogens is 1. The minimum absolute atomic E-state index is 0.169. The summed E-state index contributed by atoms with van der Waals surface area (Å²) in [6.45, 7) is 3.02. The Kier molecular flexibility index (Phi) is 4.32. The highest BCUT2D eigenvalue weighted by molar-refractivity contribution is 5.90. The van der Waals surface area contributed by atoms with Gasteiger partial charge in [0.15, 0.2) is 0 Å². The van der Waals surface area contributed by atoms with E-state index in [0.717, 1.165) is 48.8 Å². The number of anilines is 3. The second kappa shape index (κ2) is 6.78. The maximum absolute atomic E-state index is 14.0. The largest absolute Gasteiger partial charge is 0.366 e. The van der Waals surface area contributed by atoms with Crippen molar-refractivity contribution in [2.45, 2.75) is 0 Å². The average Bonchev–Trinajstić information content (AvgIpc) is 2.67. The number of hydrogen-bond acceptors (Lipinski definition) is 5. The first-order valence-electron chi connectivity index (χ1n) is 8.82. The minimum atomic E-state index is -0.169. The SMILES string of the molecule is CN(C)c1nc(N2CCN(c3ccccc3F)CC2)nc2ccccc12. The van der Waals surface area contributed by atoms with E-state index in [9.17, 15) is 4.39 Å². The van der Waals surface area contributed by atoms with E-state index in [-0.39, 0.29) is 5.82 Å². The van der Waals surface area contributed by atoms with Crippen molar-refractivity contribution in [1.29, 1.82) is 0 Å². The number of aromatic nitrogens is 2.